The molecule has 0 saturated heterocycles. The van der Waals surface area contributed by atoms with Crippen LogP contribution < -0.4 is 10.8 Å². The lowest BCUT2D eigenvalue weighted by molar-refractivity contribution is -0.125. The van der Waals surface area contributed by atoms with Crippen LogP contribution in [-0.2, 0) is 4.79 Å². The average molecular weight is 148 g/mol. The molecule has 0 aliphatic heterocycles. The third kappa shape index (κ3) is 2.39. The molecule has 0 rings (SSSR count). The van der Waals surface area contributed by atoms with Gasteiger partial charge in [0.15, 0.2) is 0 Å². The highest BCUT2D eigenvalue weighted by Crippen LogP contribution is 1.88. The Morgan fingerprint density at radius 1 is 1.78 bits per heavy atom. The summed E-state index contributed by atoms with van der Waals surface area (Å²) in [6.45, 7) is 0. The Bertz CT molecular complexity index is 135. The zero-order valence-corrected chi connectivity index (χ0v) is 5.77. The van der Waals surface area contributed by atoms with Gasteiger partial charge in [0.25, 0.3) is 5.91 Å². The fourth-order valence-corrected chi connectivity index (χ4v) is 0.543. The Balaban J connectivity index is 3.97. The molecule has 5 heteroatoms. The fourth-order valence-electron chi connectivity index (χ4n) is 0.297. The van der Waals surface area contributed by atoms with Crippen molar-refractivity contribution < 1.29 is 10.0 Å². The molecule has 0 aromatic carbocycles. The summed E-state index contributed by atoms with van der Waals surface area (Å²) in [6.07, 6.45) is 0. The quantitative estimate of drug-likeness (QED) is 0.184. The molecule has 0 radical (unpaired) electrons. The van der Waals surface area contributed by atoms with Crippen LogP contribution in [-0.4, -0.2) is 18.2 Å². The second-order valence-electron chi connectivity index (χ2n) is 1.23. The third-order valence-electron chi connectivity index (χ3n) is 0.745. The van der Waals surface area contributed by atoms with Crippen LogP contribution in [0.15, 0.2) is 11.1 Å². The van der Waals surface area contributed by atoms with Crippen LogP contribution in [0.25, 0.3) is 0 Å². The van der Waals surface area contributed by atoms with Gasteiger partial charge in [0.1, 0.15) is 5.70 Å². The molecule has 0 aliphatic rings. The summed E-state index contributed by atoms with van der Waals surface area (Å²) in [4.78, 5) is 10.4. The predicted octanol–water partition coefficient (Wildman–Crippen LogP) is -0.518. The number of nitrogens with one attached hydrogen (secondary N) is 2. The molecule has 9 heavy (non-hydrogen) atoms. The first-order valence-electron chi connectivity index (χ1n) is 2.22. The minimum Gasteiger partial charge on any atom is -0.383 e. The normalized spacial score (nSPS) is 10.8. The van der Waals surface area contributed by atoms with Crippen molar-refractivity contribution in [1.29, 1.82) is 0 Å². The second-order valence-corrected chi connectivity index (χ2v) is 1.49. The number of thiol groups is 1. The first-order valence-corrected chi connectivity index (χ1v) is 2.74. The van der Waals surface area contributed by atoms with E-state index in [1.807, 2.05) is 0 Å². The number of hydrogen-bond acceptors (Lipinski definition) is 4. The van der Waals surface area contributed by atoms with Gasteiger partial charge in [-0.3, -0.25) is 10.0 Å². The van der Waals surface area contributed by atoms with E-state index >= 15 is 0 Å². The first-order chi connectivity index (χ1) is 4.26. The zero-order chi connectivity index (χ0) is 7.28. The maximum absolute atomic E-state index is 10.4. The van der Waals surface area contributed by atoms with E-state index in [1.54, 1.807) is 7.05 Å². The van der Waals surface area contributed by atoms with Crippen LogP contribution in [0.2, 0.25) is 0 Å². The number of hydroxylamine groups is 1. The monoisotopic (exact) mass is 148 g/mol. The van der Waals surface area contributed by atoms with Gasteiger partial charge in [-0.15, -0.1) is 12.6 Å². The SMILES string of the molecule is CN/C(=C\S)C(=O)NO. The number of carbonyl (C=O) groups excluding carboxylic acids is 1. The van der Waals surface area contributed by atoms with Gasteiger partial charge in [0.2, 0.25) is 0 Å². The lowest BCUT2D eigenvalue weighted by atomic mass is 10.5. The molecule has 3 N–H and O–H groups in total. The van der Waals surface area contributed by atoms with E-state index in [0.717, 1.165) is 0 Å². The van der Waals surface area contributed by atoms with E-state index in [2.05, 4.69) is 17.9 Å². The largest absolute Gasteiger partial charge is 0.383 e. The summed E-state index contributed by atoms with van der Waals surface area (Å²) >= 11 is 3.69. The van der Waals surface area contributed by atoms with E-state index in [1.165, 1.54) is 10.9 Å². The second kappa shape index (κ2) is 4.22. The first kappa shape index (κ1) is 8.32. The van der Waals surface area contributed by atoms with Crippen molar-refractivity contribution in [1.82, 2.24) is 10.8 Å². The molecule has 0 heterocycles. The summed E-state index contributed by atoms with van der Waals surface area (Å²) in [5.41, 5.74) is 1.66. The van der Waals surface area contributed by atoms with Crippen LogP contribution in [0.4, 0.5) is 0 Å². The summed E-state index contributed by atoms with van der Waals surface area (Å²) < 4.78 is 0. The molecule has 0 atom stereocenters. The summed E-state index contributed by atoms with van der Waals surface area (Å²) in [5.74, 6) is -0.604. The summed E-state index contributed by atoms with van der Waals surface area (Å²) in [7, 11) is 1.55. The summed E-state index contributed by atoms with van der Waals surface area (Å²) in [6, 6.07) is 0. The molecule has 0 aromatic rings. The van der Waals surface area contributed by atoms with Crippen LogP contribution in [0.5, 0.6) is 0 Å². The van der Waals surface area contributed by atoms with Gasteiger partial charge in [-0.1, -0.05) is 0 Å². The Morgan fingerprint density at radius 3 is 2.44 bits per heavy atom. The van der Waals surface area contributed by atoms with Gasteiger partial charge in [0, 0.05) is 7.05 Å². The van der Waals surface area contributed by atoms with Gasteiger partial charge in [0.05, 0.1) is 0 Å². The molecular weight excluding hydrogens is 140 g/mol. The van der Waals surface area contributed by atoms with Crippen molar-refractivity contribution >= 4 is 18.5 Å². The maximum Gasteiger partial charge on any atom is 0.291 e. The van der Waals surface area contributed by atoms with Crippen molar-refractivity contribution in [2.45, 2.75) is 0 Å². The highest BCUT2D eigenvalue weighted by molar-refractivity contribution is 7.83. The van der Waals surface area contributed by atoms with Gasteiger partial charge in [-0.25, -0.2) is 5.48 Å². The smallest absolute Gasteiger partial charge is 0.291 e. The van der Waals surface area contributed by atoms with E-state index in [0.29, 0.717) is 0 Å². The van der Waals surface area contributed by atoms with E-state index < -0.39 is 5.91 Å². The average Bonchev–Trinajstić information content (AvgIpc) is 1.90. The topological polar surface area (TPSA) is 61.4 Å². The van der Waals surface area contributed by atoms with E-state index in [9.17, 15) is 4.79 Å². The molecule has 0 fully saturated rings. The number of likely N-dealkylation sites (N-methyl/N-ethyl adjacent to an activating group) is 1. The van der Waals surface area contributed by atoms with Crippen LogP contribution in [0.3, 0.4) is 0 Å². The molecule has 52 valence electrons. The number of rotatable bonds is 2. The van der Waals surface area contributed by atoms with Crippen LogP contribution >= 0.6 is 12.6 Å². The molecular formula is C4H8N2O2S. The Morgan fingerprint density at radius 2 is 2.33 bits per heavy atom. The molecule has 0 aromatic heterocycles. The highest BCUT2D eigenvalue weighted by atomic mass is 32.1. The molecule has 0 unspecified atom stereocenters. The highest BCUT2D eigenvalue weighted by Gasteiger charge is 2.02. The van der Waals surface area contributed by atoms with Crippen LogP contribution in [0, 0.1) is 0 Å². The van der Waals surface area contributed by atoms with Gasteiger partial charge in [-0.2, -0.15) is 0 Å². The van der Waals surface area contributed by atoms with Gasteiger partial charge in [-0.05, 0) is 5.41 Å². The predicted molar refractivity (Wildman–Crippen MR) is 36.1 cm³/mol. The molecule has 4 nitrogen and oxygen atoms in total. The van der Waals surface area contributed by atoms with Crippen molar-refractivity contribution in [2.75, 3.05) is 7.05 Å². The molecule has 0 spiro atoms. The molecule has 0 saturated carbocycles. The minimum atomic E-state index is -0.604. The van der Waals surface area contributed by atoms with Gasteiger partial charge >= 0.3 is 0 Å². The Hall–Kier alpha value is -0.680. The Labute approximate surface area is 58.3 Å². The van der Waals surface area contributed by atoms with E-state index in [-0.39, 0.29) is 5.70 Å². The Kier molecular flexibility index (Phi) is 3.90. The lowest BCUT2D eigenvalue weighted by Gasteiger charge is -2.00. The fraction of sp³-hybridized carbons (Fsp3) is 0.250. The van der Waals surface area contributed by atoms with Crippen molar-refractivity contribution in [3.63, 3.8) is 0 Å². The molecule has 0 bridgehead atoms. The minimum absolute atomic E-state index is 0.209. The molecule has 1 amide bonds. The summed E-state index contributed by atoms with van der Waals surface area (Å²) in [5, 5.41) is 11.8. The number of hydrogen-bond donors (Lipinski definition) is 4. The number of carbonyl (C=O) groups is 1. The van der Waals surface area contributed by atoms with Crippen molar-refractivity contribution in [2.24, 2.45) is 0 Å². The maximum atomic E-state index is 10.4. The van der Waals surface area contributed by atoms with Crippen molar-refractivity contribution in [3.05, 3.63) is 11.1 Å². The zero-order valence-electron chi connectivity index (χ0n) is 4.88. The van der Waals surface area contributed by atoms with E-state index in [4.69, 9.17) is 5.21 Å². The molecule has 0 aliphatic carbocycles. The van der Waals surface area contributed by atoms with Crippen molar-refractivity contribution in [3.8, 4) is 0 Å². The van der Waals surface area contributed by atoms with Gasteiger partial charge < -0.3 is 5.32 Å². The standard InChI is InChI=1S/C4H8N2O2S/c1-5-3(2-9)4(7)6-8/h2,5,8-9H,1H3,(H,6,7)/b3-2-. The number of amides is 1. The lowest BCUT2D eigenvalue weighted by Crippen LogP contribution is -2.27. The van der Waals surface area contributed by atoms with Crippen LogP contribution in [0.1, 0.15) is 0 Å². The third-order valence-corrected chi connectivity index (χ3v) is 1.00.